The number of rotatable bonds is 12. The van der Waals surface area contributed by atoms with Crippen LogP contribution in [0.2, 0.25) is 0 Å². The van der Waals surface area contributed by atoms with Gasteiger partial charge in [0.25, 0.3) is 11.8 Å². The van der Waals surface area contributed by atoms with Gasteiger partial charge in [-0.2, -0.15) is 5.10 Å². The number of nitrogens with zero attached hydrogens (tertiary/aromatic N) is 1. The van der Waals surface area contributed by atoms with Crippen molar-refractivity contribution in [2.24, 2.45) is 11.0 Å². The highest BCUT2D eigenvalue weighted by atomic mass is 32.1. The topological polar surface area (TPSA) is 134 Å². The van der Waals surface area contributed by atoms with Crippen LogP contribution >= 0.6 is 11.3 Å². The van der Waals surface area contributed by atoms with Gasteiger partial charge < -0.3 is 29.0 Å². The van der Waals surface area contributed by atoms with Crippen molar-refractivity contribution >= 4 is 40.3 Å². The number of nitrogens with one attached hydrogen (secondary N) is 2. The number of benzene rings is 2. The van der Waals surface area contributed by atoms with Crippen LogP contribution in [-0.4, -0.2) is 58.0 Å². The van der Waals surface area contributed by atoms with Crippen LogP contribution in [0.1, 0.15) is 63.9 Å². The van der Waals surface area contributed by atoms with Crippen LogP contribution in [0.25, 0.3) is 0 Å². The molecule has 3 aromatic rings. The first-order chi connectivity index (χ1) is 21.2. The molecule has 44 heavy (non-hydrogen) atoms. The number of hydrazone groups is 1. The summed E-state index contributed by atoms with van der Waals surface area (Å²) in [4.78, 5) is 39.6. The summed E-state index contributed by atoms with van der Waals surface area (Å²) in [5, 5.41) is 7.42. The van der Waals surface area contributed by atoms with Crippen LogP contribution in [-0.2, 0) is 22.4 Å². The fourth-order valence-electron chi connectivity index (χ4n) is 4.81. The maximum atomic E-state index is 13.1. The third kappa shape index (κ3) is 7.49. The Morgan fingerprint density at radius 1 is 1.07 bits per heavy atom. The summed E-state index contributed by atoms with van der Waals surface area (Å²) in [5.74, 6) is 1.02. The lowest BCUT2D eigenvalue weighted by Gasteiger charge is -2.18. The molecular formula is C32H37N3O8S. The Morgan fingerprint density at radius 2 is 1.75 bits per heavy atom. The minimum absolute atomic E-state index is 0.255. The number of amides is 2. The lowest BCUT2D eigenvalue weighted by atomic mass is 9.88. The number of thiophene rings is 1. The van der Waals surface area contributed by atoms with Crippen molar-refractivity contribution in [3.8, 4) is 23.0 Å². The maximum Gasteiger partial charge on any atom is 0.341 e. The Labute approximate surface area is 260 Å². The average molecular weight is 624 g/mol. The number of ether oxygens (including phenoxy) is 5. The summed E-state index contributed by atoms with van der Waals surface area (Å²) < 4.78 is 27.0. The second-order valence-corrected chi connectivity index (χ2v) is 11.3. The molecule has 234 valence electrons. The molecule has 1 aliphatic carbocycles. The van der Waals surface area contributed by atoms with Gasteiger partial charge in [0.2, 0.25) is 5.75 Å². The number of hydrogen-bond donors (Lipinski definition) is 2. The van der Waals surface area contributed by atoms with Gasteiger partial charge in [-0.15, -0.1) is 11.3 Å². The normalized spacial score (nSPS) is 14.7. The number of hydrogen-bond acceptors (Lipinski definition) is 10. The van der Waals surface area contributed by atoms with E-state index in [0.29, 0.717) is 50.6 Å². The first-order valence-corrected chi connectivity index (χ1v) is 15.0. The van der Waals surface area contributed by atoms with Crippen molar-refractivity contribution in [3.63, 3.8) is 0 Å². The smallest absolute Gasteiger partial charge is 0.341 e. The maximum absolute atomic E-state index is 13.1. The zero-order valence-electron chi connectivity index (χ0n) is 25.6. The van der Waals surface area contributed by atoms with Gasteiger partial charge in [-0.25, -0.2) is 10.2 Å². The van der Waals surface area contributed by atoms with E-state index < -0.39 is 18.0 Å². The summed E-state index contributed by atoms with van der Waals surface area (Å²) in [7, 11) is 4.53. The highest BCUT2D eigenvalue weighted by Gasteiger charge is 2.29. The van der Waals surface area contributed by atoms with E-state index in [9.17, 15) is 14.4 Å². The van der Waals surface area contributed by atoms with Crippen LogP contribution < -0.4 is 29.7 Å². The predicted molar refractivity (Wildman–Crippen MR) is 168 cm³/mol. The van der Waals surface area contributed by atoms with Gasteiger partial charge in [-0.05, 0) is 81.0 Å². The number of fused-ring (bicyclic) bond motifs is 1. The molecule has 0 bridgehead atoms. The monoisotopic (exact) mass is 623 g/mol. The largest absolute Gasteiger partial charge is 0.493 e. The Hall–Kier alpha value is -4.58. The number of carbonyl (C=O) groups is 3. The Kier molecular flexibility index (Phi) is 10.8. The second-order valence-electron chi connectivity index (χ2n) is 10.2. The van der Waals surface area contributed by atoms with E-state index in [-0.39, 0.29) is 12.5 Å². The van der Waals surface area contributed by atoms with Crippen LogP contribution in [0.4, 0.5) is 5.00 Å². The van der Waals surface area contributed by atoms with E-state index in [1.165, 1.54) is 38.9 Å². The van der Waals surface area contributed by atoms with Crippen LogP contribution in [0, 0.1) is 5.92 Å². The zero-order valence-corrected chi connectivity index (χ0v) is 26.5. The van der Waals surface area contributed by atoms with Gasteiger partial charge in [0.05, 0.1) is 39.7 Å². The molecule has 0 unspecified atom stereocenters. The van der Waals surface area contributed by atoms with Crippen molar-refractivity contribution in [3.05, 3.63) is 63.5 Å². The van der Waals surface area contributed by atoms with Gasteiger partial charge >= 0.3 is 5.97 Å². The molecule has 1 aromatic heterocycles. The third-order valence-electron chi connectivity index (χ3n) is 7.09. The van der Waals surface area contributed by atoms with Gasteiger partial charge in [-0.1, -0.05) is 6.92 Å². The predicted octanol–water partition coefficient (Wildman–Crippen LogP) is 5.25. The molecule has 2 aromatic carbocycles. The van der Waals surface area contributed by atoms with E-state index >= 15 is 0 Å². The molecule has 4 rings (SSSR count). The van der Waals surface area contributed by atoms with Crippen molar-refractivity contribution in [1.82, 2.24) is 5.43 Å². The van der Waals surface area contributed by atoms with Crippen molar-refractivity contribution in [1.29, 1.82) is 0 Å². The second kappa shape index (κ2) is 14.7. The molecule has 0 spiro atoms. The average Bonchev–Trinajstić information content (AvgIpc) is 3.37. The number of methoxy groups -OCH3 is 3. The molecule has 2 amide bonds. The molecule has 0 radical (unpaired) electrons. The Morgan fingerprint density at radius 3 is 2.36 bits per heavy atom. The molecule has 1 heterocycles. The summed E-state index contributed by atoms with van der Waals surface area (Å²) in [5.41, 5.74) is 4.88. The lowest BCUT2D eigenvalue weighted by Crippen LogP contribution is -2.33. The first kappa shape index (κ1) is 32.3. The SMILES string of the molecule is CCOC(=O)c1c(NC(=O)c2ccc(O[C@@H](C)C(=O)N/N=C\c3cc(OC)c(OC)c(OC)c3)cc2)sc2c1CC[C@@H](C)C2. The van der Waals surface area contributed by atoms with Gasteiger partial charge in [0.15, 0.2) is 17.6 Å². The van der Waals surface area contributed by atoms with E-state index in [2.05, 4.69) is 22.8 Å². The highest BCUT2D eigenvalue weighted by Crippen LogP contribution is 2.40. The minimum Gasteiger partial charge on any atom is -0.493 e. The first-order valence-electron chi connectivity index (χ1n) is 14.2. The van der Waals surface area contributed by atoms with E-state index in [0.717, 1.165) is 29.7 Å². The molecule has 0 aliphatic heterocycles. The number of esters is 1. The van der Waals surface area contributed by atoms with Crippen LogP contribution in [0.3, 0.4) is 0 Å². The van der Waals surface area contributed by atoms with E-state index in [1.807, 2.05) is 0 Å². The molecule has 0 saturated carbocycles. The van der Waals surface area contributed by atoms with Crippen LogP contribution in [0.5, 0.6) is 23.0 Å². The fourth-order valence-corrected chi connectivity index (χ4v) is 6.21. The van der Waals surface area contributed by atoms with Crippen molar-refractivity contribution in [2.45, 2.75) is 46.1 Å². The number of anilines is 1. The van der Waals surface area contributed by atoms with Crippen molar-refractivity contribution < 1.29 is 38.1 Å². The molecule has 0 saturated heterocycles. The molecule has 12 heteroatoms. The molecule has 11 nitrogen and oxygen atoms in total. The minimum atomic E-state index is -0.876. The quantitative estimate of drug-likeness (QED) is 0.159. The number of carbonyl (C=O) groups excluding carboxylic acids is 3. The Balaban J connectivity index is 1.37. The van der Waals surface area contributed by atoms with E-state index in [1.54, 1.807) is 50.2 Å². The fraction of sp³-hybridized carbons (Fsp3) is 0.375. The van der Waals surface area contributed by atoms with Crippen LogP contribution in [0.15, 0.2) is 41.5 Å². The lowest BCUT2D eigenvalue weighted by molar-refractivity contribution is -0.127. The highest BCUT2D eigenvalue weighted by molar-refractivity contribution is 7.17. The molecule has 2 N–H and O–H groups in total. The molecule has 0 fully saturated rings. The summed E-state index contributed by atoms with van der Waals surface area (Å²) in [6, 6.07) is 9.78. The third-order valence-corrected chi connectivity index (χ3v) is 8.26. The van der Waals surface area contributed by atoms with Gasteiger partial charge in [0.1, 0.15) is 10.8 Å². The van der Waals surface area contributed by atoms with Crippen molar-refractivity contribution in [2.75, 3.05) is 33.3 Å². The Bertz CT molecular complexity index is 1510. The van der Waals surface area contributed by atoms with Gasteiger partial charge in [-0.3, -0.25) is 9.59 Å². The summed E-state index contributed by atoms with van der Waals surface area (Å²) in [6.45, 7) is 5.78. The molecule has 1 aliphatic rings. The molecular weight excluding hydrogens is 586 g/mol. The zero-order chi connectivity index (χ0) is 31.8. The summed E-state index contributed by atoms with van der Waals surface area (Å²) in [6.07, 6.45) is 3.21. The van der Waals surface area contributed by atoms with E-state index in [4.69, 9.17) is 23.7 Å². The molecule has 2 atom stereocenters. The summed E-state index contributed by atoms with van der Waals surface area (Å²) >= 11 is 1.44. The van der Waals surface area contributed by atoms with Gasteiger partial charge in [0, 0.05) is 16.0 Å². The standard InChI is InChI=1S/C32H37N3O8S/c1-7-42-32(38)27-23-13-8-18(2)14-26(23)44-31(27)34-30(37)21-9-11-22(12-10-21)43-19(3)29(36)35-33-17-20-15-24(39-4)28(41-6)25(16-20)40-5/h9-12,15-19H,7-8,13-14H2,1-6H3,(H,34,37)(H,35,36)/b33-17-/t18-,19+/m1/s1.